The van der Waals surface area contributed by atoms with E-state index in [9.17, 15) is 4.79 Å². The number of carbonyl (C=O) groups is 1. The molecule has 0 spiro atoms. The van der Waals surface area contributed by atoms with Gasteiger partial charge in [0.15, 0.2) is 0 Å². The molecule has 0 N–H and O–H groups in total. The van der Waals surface area contributed by atoms with Gasteiger partial charge in [-0.2, -0.15) is 0 Å². The molecule has 1 saturated heterocycles. The minimum absolute atomic E-state index is 0.0426. The Morgan fingerprint density at radius 3 is 2.91 bits per heavy atom. The van der Waals surface area contributed by atoms with Gasteiger partial charge in [-0.25, -0.2) is 4.98 Å². The van der Waals surface area contributed by atoms with Crippen molar-refractivity contribution in [1.29, 1.82) is 0 Å². The van der Waals surface area contributed by atoms with E-state index in [4.69, 9.17) is 4.74 Å². The Morgan fingerprint density at radius 2 is 2.17 bits per heavy atom. The lowest BCUT2D eigenvalue weighted by Gasteiger charge is -2.20. The number of benzene rings is 1. The molecule has 1 atom stereocenters. The zero-order chi connectivity index (χ0) is 16.1. The van der Waals surface area contributed by atoms with Crippen LogP contribution in [0.3, 0.4) is 0 Å². The summed E-state index contributed by atoms with van der Waals surface area (Å²) in [7, 11) is 0. The number of rotatable bonds is 3. The van der Waals surface area contributed by atoms with Crippen molar-refractivity contribution in [2.75, 3.05) is 26.3 Å². The van der Waals surface area contributed by atoms with Crippen molar-refractivity contribution in [2.45, 2.75) is 6.92 Å². The Bertz CT molecular complexity index is 662. The summed E-state index contributed by atoms with van der Waals surface area (Å²) in [5, 5.41) is 0. The highest BCUT2D eigenvalue weighted by Gasteiger charge is 2.17. The molecule has 1 aliphatic heterocycles. The molecular formula is C18H21N3O2. The Kier molecular flexibility index (Phi) is 4.88. The molecule has 5 heteroatoms. The minimum Gasteiger partial charge on any atom is -0.379 e. The van der Waals surface area contributed by atoms with Crippen LogP contribution in [0.25, 0.3) is 11.8 Å². The number of hydrogen-bond acceptors (Lipinski definition) is 3. The summed E-state index contributed by atoms with van der Waals surface area (Å²) in [5.41, 5.74) is 2.05. The maximum atomic E-state index is 12.3. The predicted molar refractivity (Wildman–Crippen MR) is 89.2 cm³/mol. The van der Waals surface area contributed by atoms with Gasteiger partial charge in [0.2, 0.25) is 5.91 Å². The zero-order valence-electron chi connectivity index (χ0n) is 13.3. The number of ether oxygens (including phenoxy) is 1. The molecule has 23 heavy (non-hydrogen) atoms. The van der Waals surface area contributed by atoms with E-state index >= 15 is 0 Å². The quantitative estimate of drug-likeness (QED) is 0.818. The van der Waals surface area contributed by atoms with Crippen molar-refractivity contribution >= 4 is 12.0 Å². The molecule has 2 heterocycles. The number of imidazole rings is 1. The van der Waals surface area contributed by atoms with E-state index in [2.05, 4.69) is 11.9 Å². The highest BCUT2D eigenvalue weighted by atomic mass is 16.5. The van der Waals surface area contributed by atoms with Crippen LogP contribution >= 0.6 is 0 Å². The van der Waals surface area contributed by atoms with Crippen molar-refractivity contribution in [3.63, 3.8) is 0 Å². The largest absolute Gasteiger partial charge is 0.379 e. The van der Waals surface area contributed by atoms with Crippen LogP contribution in [0.1, 0.15) is 12.5 Å². The van der Waals surface area contributed by atoms with Crippen LogP contribution in [0, 0.1) is 5.92 Å². The molecule has 1 unspecified atom stereocenters. The van der Waals surface area contributed by atoms with Crippen LogP contribution in [-0.2, 0) is 9.53 Å². The first-order valence-corrected chi connectivity index (χ1v) is 7.85. The molecule has 1 amide bonds. The highest BCUT2D eigenvalue weighted by Crippen LogP contribution is 2.11. The van der Waals surface area contributed by atoms with E-state index in [-0.39, 0.29) is 5.91 Å². The molecule has 0 aliphatic carbocycles. The molecule has 0 bridgehead atoms. The standard InChI is InChI=1S/C18H21N3O2/c1-15-12-20(10-11-23-13-15)18(22)7-4-16-2-5-17(6-3-16)21-9-8-19-14-21/h2-9,14-15H,10-13H2,1H3/b7-4+. The van der Waals surface area contributed by atoms with E-state index in [0.29, 0.717) is 19.1 Å². The van der Waals surface area contributed by atoms with Gasteiger partial charge >= 0.3 is 0 Å². The van der Waals surface area contributed by atoms with Crippen molar-refractivity contribution in [3.8, 4) is 5.69 Å². The third-order valence-electron chi connectivity index (χ3n) is 3.87. The third kappa shape index (κ3) is 4.07. The van der Waals surface area contributed by atoms with Gasteiger partial charge in [-0.3, -0.25) is 4.79 Å². The summed E-state index contributed by atoms with van der Waals surface area (Å²) in [6, 6.07) is 8.00. The second-order valence-electron chi connectivity index (χ2n) is 5.86. The van der Waals surface area contributed by atoms with Gasteiger partial charge in [-0.1, -0.05) is 19.1 Å². The third-order valence-corrected chi connectivity index (χ3v) is 3.87. The van der Waals surface area contributed by atoms with Gasteiger partial charge in [0, 0.05) is 37.2 Å². The molecule has 1 aliphatic rings. The maximum Gasteiger partial charge on any atom is 0.246 e. The number of carbonyl (C=O) groups excluding carboxylic acids is 1. The summed E-state index contributed by atoms with van der Waals surface area (Å²) in [6.45, 7) is 4.85. The minimum atomic E-state index is 0.0426. The van der Waals surface area contributed by atoms with Crippen molar-refractivity contribution in [3.05, 3.63) is 54.6 Å². The number of aromatic nitrogens is 2. The SMILES string of the molecule is CC1COCCN(C(=O)/C=C/c2ccc(-n3ccnc3)cc2)C1. The van der Waals surface area contributed by atoms with Gasteiger partial charge in [0.05, 0.1) is 19.5 Å². The fraction of sp³-hybridized carbons (Fsp3) is 0.333. The molecule has 1 aromatic carbocycles. The second kappa shape index (κ2) is 7.24. The lowest BCUT2D eigenvalue weighted by Crippen LogP contribution is -2.33. The molecule has 1 aromatic heterocycles. The summed E-state index contributed by atoms with van der Waals surface area (Å²) < 4.78 is 7.41. The topological polar surface area (TPSA) is 47.4 Å². The van der Waals surface area contributed by atoms with Crippen LogP contribution < -0.4 is 0 Å². The fourth-order valence-electron chi connectivity index (χ4n) is 2.62. The summed E-state index contributed by atoms with van der Waals surface area (Å²) in [6.07, 6.45) is 8.91. The van der Waals surface area contributed by atoms with Gasteiger partial charge in [0.25, 0.3) is 0 Å². The van der Waals surface area contributed by atoms with Gasteiger partial charge < -0.3 is 14.2 Å². The number of amides is 1. The van der Waals surface area contributed by atoms with Crippen molar-refractivity contribution in [1.82, 2.24) is 14.5 Å². The second-order valence-corrected chi connectivity index (χ2v) is 5.86. The molecule has 1 fully saturated rings. The maximum absolute atomic E-state index is 12.3. The Morgan fingerprint density at radius 1 is 1.35 bits per heavy atom. The van der Waals surface area contributed by atoms with Crippen molar-refractivity contribution < 1.29 is 9.53 Å². The Balaban J connectivity index is 1.64. The first-order valence-electron chi connectivity index (χ1n) is 7.85. The van der Waals surface area contributed by atoms with Crippen LogP contribution in [0.15, 0.2) is 49.1 Å². The highest BCUT2D eigenvalue weighted by molar-refractivity contribution is 5.91. The monoisotopic (exact) mass is 311 g/mol. The summed E-state index contributed by atoms with van der Waals surface area (Å²) in [4.78, 5) is 18.2. The molecule has 3 rings (SSSR count). The van der Waals surface area contributed by atoms with E-state index < -0.39 is 0 Å². The molecule has 2 aromatic rings. The van der Waals surface area contributed by atoms with Gasteiger partial charge in [-0.05, 0) is 29.7 Å². The average molecular weight is 311 g/mol. The summed E-state index contributed by atoms with van der Waals surface area (Å²) >= 11 is 0. The first kappa shape index (κ1) is 15.5. The lowest BCUT2D eigenvalue weighted by molar-refractivity contribution is -0.126. The van der Waals surface area contributed by atoms with E-state index in [0.717, 1.165) is 24.4 Å². The van der Waals surface area contributed by atoms with E-state index in [1.807, 2.05) is 46.0 Å². The molecule has 0 radical (unpaired) electrons. The van der Waals surface area contributed by atoms with Crippen LogP contribution in [0.2, 0.25) is 0 Å². The lowest BCUT2D eigenvalue weighted by atomic mass is 10.1. The van der Waals surface area contributed by atoms with Gasteiger partial charge in [0.1, 0.15) is 0 Å². The number of hydrogen-bond donors (Lipinski definition) is 0. The average Bonchev–Trinajstić information content (AvgIpc) is 3.02. The smallest absolute Gasteiger partial charge is 0.246 e. The molecule has 0 saturated carbocycles. The summed E-state index contributed by atoms with van der Waals surface area (Å²) in [5.74, 6) is 0.422. The first-order chi connectivity index (χ1) is 11.2. The Labute approximate surface area is 136 Å². The fourth-order valence-corrected chi connectivity index (χ4v) is 2.62. The van der Waals surface area contributed by atoms with E-state index in [1.54, 1.807) is 18.6 Å². The van der Waals surface area contributed by atoms with Crippen LogP contribution in [-0.4, -0.2) is 46.7 Å². The van der Waals surface area contributed by atoms with Gasteiger partial charge in [-0.15, -0.1) is 0 Å². The molecule has 120 valence electrons. The number of nitrogens with zero attached hydrogens (tertiary/aromatic N) is 3. The predicted octanol–water partition coefficient (Wildman–Crippen LogP) is 2.38. The Hall–Kier alpha value is -2.40. The van der Waals surface area contributed by atoms with Crippen molar-refractivity contribution in [2.24, 2.45) is 5.92 Å². The van der Waals surface area contributed by atoms with Crippen LogP contribution in [0.5, 0.6) is 0 Å². The van der Waals surface area contributed by atoms with Crippen LogP contribution in [0.4, 0.5) is 0 Å². The molecule has 5 nitrogen and oxygen atoms in total. The normalized spacial score (nSPS) is 19.0. The van der Waals surface area contributed by atoms with E-state index in [1.165, 1.54) is 0 Å². The molecular weight excluding hydrogens is 290 g/mol. The zero-order valence-corrected chi connectivity index (χ0v) is 13.3.